The van der Waals surface area contributed by atoms with Crippen molar-refractivity contribution in [2.45, 2.75) is 39.0 Å². The molecule has 1 aliphatic rings. The van der Waals surface area contributed by atoms with Crippen LogP contribution in [0.25, 0.3) is 0 Å². The Labute approximate surface area is 127 Å². The van der Waals surface area contributed by atoms with Crippen LogP contribution in [-0.2, 0) is 4.74 Å². The maximum atomic E-state index is 5.90. The average Bonchev–Trinajstić information content (AvgIpc) is 3.27. The number of ether oxygens (including phenoxy) is 1. The second kappa shape index (κ2) is 8.03. The molecule has 116 valence electrons. The predicted molar refractivity (Wildman–Crippen MR) is 88.8 cm³/mol. The van der Waals surface area contributed by atoms with Gasteiger partial charge in [-0.15, -0.1) is 0 Å². The quantitative estimate of drug-likeness (QED) is 0.438. The topological polar surface area (TPSA) is 59.6 Å². The average molecular weight is 289 g/mol. The molecule has 1 aromatic rings. The zero-order valence-electron chi connectivity index (χ0n) is 13.1. The van der Waals surface area contributed by atoms with Crippen LogP contribution in [0.2, 0.25) is 0 Å². The van der Waals surface area contributed by atoms with Gasteiger partial charge in [0.25, 0.3) is 0 Å². The van der Waals surface area contributed by atoms with E-state index in [1.165, 1.54) is 18.4 Å². The molecule has 0 atom stereocenters. The molecule has 0 bridgehead atoms. The van der Waals surface area contributed by atoms with E-state index < -0.39 is 0 Å². The third kappa shape index (κ3) is 6.17. The van der Waals surface area contributed by atoms with Gasteiger partial charge in [0.1, 0.15) is 0 Å². The molecule has 0 aliphatic heterocycles. The van der Waals surface area contributed by atoms with Crippen LogP contribution < -0.4 is 11.1 Å². The second-order valence-electron chi connectivity index (χ2n) is 6.04. The van der Waals surface area contributed by atoms with Crippen molar-refractivity contribution in [1.29, 1.82) is 0 Å². The fourth-order valence-electron chi connectivity index (χ4n) is 2.06. The molecule has 3 N–H and O–H groups in total. The first-order valence-corrected chi connectivity index (χ1v) is 7.90. The molecule has 4 heteroatoms. The van der Waals surface area contributed by atoms with Crippen LogP contribution in [0.4, 0.5) is 5.69 Å². The first-order valence-electron chi connectivity index (χ1n) is 7.90. The normalized spacial score (nSPS) is 15.5. The molecule has 0 aromatic heterocycles. The van der Waals surface area contributed by atoms with Gasteiger partial charge in [-0.1, -0.05) is 26.0 Å². The maximum Gasteiger partial charge on any atom is 0.193 e. The highest BCUT2D eigenvalue weighted by Crippen LogP contribution is 2.28. The van der Waals surface area contributed by atoms with E-state index in [9.17, 15) is 0 Å². The number of nitrogens with zero attached hydrogens (tertiary/aromatic N) is 1. The van der Waals surface area contributed by atoms with Crippen molar-refractivity contribution in [3.8, 4) is 0 Å². The van der Waals surface area contributed by atoms with Crippen molar-refractivity contribution in [3.63, 3.8) is 0 Å². The van der Waals surface area contributed by atoms with E-state index in [1.54, 1.807) is 0 Å². The summed E-state index contributed by atoms with van der Waals surface area (Å²) in [5.74, 6) is 1.81. The highest BCUT2D eigenvalue weighted by molar-refractivity contribution is 5.92. The lowest BCUT2D eigenvalue weighted by Crippen LogP contribution is -2.23. The van der Waals surface area contributed by atoms with Gasteiger partial charge in [-0.25, -0.2) is 0 Å². The molecule has 0 spiro atoms. The Morgan fingerprint density at radius 1 is 1.43 bits per heavy atom. The molecule has 1 saturated carbocycles. The van der Waals surface area contributed by atoms with E-state index >= 15 is 0 Å². The minimum atomic E-state index is 0.470. The number of hydrogen-bond acceptors (Lipinski definition) is 2. The summed E-state index contributed by atoms with van der Waals surface area (Å²) in [6.07, 6.45) is 3.59. The van der Waals surface area contributed by atoms with Crippen molar-refractivity contribution in [1.82, 2.24) is 0 Å². The number of nitrogens with one attached hydrogen (secondary N) is 1. The summed E-state index contributed by atoms with van der Waals surface area (Å²) in [5.41, 5.74) is 8.19. The maximum absolute atomic E-state index is 5.90. The van der Waals surface area contributed by atoms with Gasteiger partial charge in [0.15, 0.2) is 5.96 Å². The zero-order valence-corrected chi connectivity index (χ0v) is 13.1. The molecule has 0 saturated heterocycles. The summed E-state index contributed by atoms with van der Waals surface area (Å²) in [7, 11) is 0. The van der Waals surface area contributed by atoms with E-state index in [0.29, 0.717) is 18.4 Å². The highest BCUT2D eigenvalue weighted by Gasteiger charge is 2.20. The lowest BCUT2D eigenvalue weighted by atomic mass is 10.0. The smallest absolute Gasteiger partial charge is 0.193 e. The third-order valence-corrected chi connectivity index (χ3v) is 3.61. The van der Waals surface area contributed by atoms with Gasteiger partial charge >= 0.3 is 0 Å². The minimum Gasteiger partial charge on any atom is -0.381 e. The monoisotopic (exact) mass is 289 g/mol. The predicted octanol–water partition coefficient (Wildman–Crippen LogP) is 3.35. The van der Waals surface area contributed by atoms with Crippen LogP contribution in [0.5, 0.6) is 0 Å². The van der Waals surface area contributed by atoms with Gasteiger partial charge in [-0.3, -0.25) is 4.99 Å². The number of anilines is 1. The standard InChI is InChI=1S/C17H27N3O/c1-13(2)15-5-3-6-16(11-15)20-17(18)19-9-4-10-21-12-14-7-8-14/h3,5-6,11,13-14H,4,7-10,12H2,1-2H3,(H3,18,19,20). The van der Waals surface area contributed by atoms with Gasteiger partial charge in [-0.2, -0.15) is 0 Å². The number of guanidine groups is 1. The molecule has 2 rings (SSSR count). The molecule has 0 amide bonds. The van der Waals surface area contributed by atoms with Gasteiger partial charge in [-0.05, 0) is 48.8 Å². The number of rotatable bonds is 8. The summed E-state index contributed by atoms with van der Waals surface area (Å²) < 4.78 is 5.57. The largest absolute Gasteiger partial charge is 0.381 e. The molecule has 4 nitrogen and oxygen atoms in total. The van der Waals surface area contributed by atoms with Gasteiger partial charge in [0.2, 0.25) is 0 Å². The van der Waals surface area contributed by atoms with Crippen LogP contribution >= 0.6 is 0 Å². The molecule has 1 aliphatic carbocycles. The Kier molecular flexibility index (Phi) is 6.05. The lowest BCUT2D eigenvalue weighted by Gasteiger charge is -2.10. The summed E-state index contributed by atoms with van der Waals surface area (Å²) in [6.45, 7) is 6.75. The van der Waals surface area contributed by atoms with Crippen LogP contribution in [-0.4, -0.2) is 25.7 Å². The summed E-state index contributed by atoms with van der Waals surface area (Å²) in [5, 5.41) is 3.14. The van der Waals surface area contributed by atoms with Crippen LogP contribution in [0, 0.1) is 5.92 Å². The first-order chi connectivity index (χ1) is 10.1. The molecule has 0 radical (unpaired) electrons. The number of aliphatic imine (C=N–C) groups is 1. The van der Waals surface area contributed by atoms with Crippen molar-refractivity contribution in [2.24, 2.45) is 16.6 Å². The number of hydrogen-bond donors (Lipinski definition) is 2. The summed E-state index contributed by atoms with van der Waals surface area (Å²) in [4.78, 5) is 4.33. The van der Waals surface area contributed by atoms with Gasteiger partial charge in [0, 0.05) is 25.4 Å². The zero-order chi connectivity index (χ0) is 15.1. The van der Waals surface area contributed by atoms with Crippen LogP contribution in [0.1, 0.15) is 44.6 Å². The van der Waals surface area contributed by atoms with Crippen molar-refractivity contribution in [2.75, 3.05) is 25.1 Å². The lowest BCUT2D eigenvalue weighted by molar-refractivity contribution is 0.123. The highest BCUT2D eigenvalue weighted by atomic mass is 16.5. The van der Waals surface area contributed by atoms with E-state index in [2.05, 4.69) is 36.3 Å². The Morgan fingerprint density at radius 3 is 2.95 bits per heavy atom. The van der Waals surface area contributed by atoms with Crippen molar-refractivity contribution >= 4 is 11.6 Å². The minimum absolute atomic E-state index is 0.470. The van der Waals surface area contributed by atoms with E-state index in [0.717, 1.165) is 31.2 Å². The molecule has 21 heavy (non-hydrogen) atoms. The van der Waals surface area contributed by atoms with Crippen LogP contribution in [0.3, 0.4) is 0 Å². The molecular weight excluding hydrogens is 262 g/mol. The van der Waals surface area contributed by atoms with Gasteiger partial charge in [0.05, 0.1) is 0 Å². The molecular formula is C17H27N3O. The van der Waals surface area contributed by atoms with E-state index in [1.807, 2.05) is 12.1 Å². The fourth-order valence-corrected chi connectivity index (χ4v) is 2.06. The second-order valence-corrected chi connectivity index (χ2v) is 6.04. The Hall–Kier alpha value is -1.55. The van der Waals surface area contributed by atoms with Gasteiger partial charge < -0.3 is 15.8 Å². The Morgan fingerprint density at radius 2 is 2.24 bits per heavy atom. The summed E-state index contributed by atoms with van der Waals surface area (Å²) >= 11 is 0. The number of benzene rings is 1. The molecule has 0 heterocycles. The molecule has 1 aromatic carbocycles. The molecule has 0 unspecified atom stereocenters. The summed E-state index contributed by atoms with van der Waals surface area (Å²) in [6, 6.07) is 8.29. The Balaban J connectivity index is 1.68. The van der Waals surface area contributed by atoms with Crippen LogP contribution in [0.15, 0.2) is 29.3 Å². The van der Waals surface area contributed by atoms with E-state index in [-0.39, 0.29) is 0 Å². The number of nitrogens with two attached hydrogens (primary N) is 1. The molecule has 1 fully saturated rings. The fraction of sp³-hybridized carbons (Fsp3) is 0.588. The Bertz CT molecular complexity index is 467. The van der Waals surface area contributed by atoms with Crippen molar-refractivity contribution < 1.29 is 4.74 Å². The van der Waals surface area contributed by atoms with Crippen molar-refractivity contribution in [3.05, 3.63) is 29.8 Å². The van der Waals surface area contributed by atoms with E-state index in [4.69, 9.17) is 10.5 Å². The first kappa shape index (κ1) is 15.8. The third-order valence-electron chi connectivity index (χ3n) is 3.61. The SMILES string of the molecule is CC(C)c1cccc(NC(N)=NCCCOCC2CC2)c1.